The molecule has 0 unspecified atom stereocenters. The van der Waals surface area contributed by atoms with Gasteiger partial charge in [0.1, 0.15) is 18.6 Å². The first kappa shape index (κ1) is 23.2. The molecule has 0 bridgehead atoms. The zero-order chi connectivity index (χ0) is 23.3. The van der Waals surface area contributed by atoms with Gasteiger partial charge in [-0.1, -0.05) is 36.2 Å². The molecule has 7 nitrogen and oxygen atoms in total. The number of oxazole rings is 1. The minimum atomic E-state index is -3.44. The maximum Gasteiger partial charge on any atom is 0.306 e. The molecule has 3 aromatic rings. The Morgan fingerprint density at radius 2 is 1.73 bits per heavy atom. The molecule has 1 saturated heterocycles. The van der Waals surface area contributed by atoms with Crippen LogP contribution in [0.2, 0.25) is 0 Å². The van der Waals surface area contributed by atoms with E-state index in [-0.39, 0.29) is 19.0 Å². The largest absolute Gasteiger partial charge is 0.459 e. The van der Waals surface area contributed by atoms with Crippen LogP contribution >= 0.6 is 0 Å². The Labute approximate surface area is 194 Å². The number of aryl methyl sites for hydroxylation is 2. The van der Waals surface area contributed by atoms with Gasteiger partial charge < -0.3 is 9.15 Å². The van der Waals surface area contributed by atoms with Crippen molar-refractivity contribution in [2.75, 3.05) is 13.1 Å². The van der Waals surface area contributed by atoms with Crippen LogP contribution in [0.15, 0.2) is 64.1 Å². The third-order valence-electron chi connectivity index (χ3n) is 5.73. The molecule has 2 aromatic carbocycles. The standard InChI is InChI=1S/C25H28N2O5S/c1-19-5-10-21(11-6-19)25-26-22(18-32-25)17-31-24(28)14-9-20-7-12-23(13-8-20)33(29,30)27-15-3-2-4-16-27/h5-8,10-13,18H,2-4,9,14-17H2,1H3. The van der Waals surface area contributed by atoms with Crippen molar-refractivity contribution < 1.29 is 22.4 Å². The van der Waals surface area contributed by atoms with E-state index in [1.165, 1.54) is 6.26 Å². The molecule has 0 radical (unpaired) electrons. The summed E-state index contributed by atoms with van der Waals surface area (Å²) in [6.07, 6.45) is 5.04. The summed E-state index contributed by atoms with van der Waals surface area (Å²) in [4.78, 5) is 16.8. The molecule has 8 heteroatoms. The van der Waals surface area contributed by atoms with Gasteiger partial charge in [-0.2, -0.15) is 4.31 Å². The highest BCUT2D eigenvalue weighted by atomic mass is 32.2. The van der Waals surface area contributed by atoms with Crippen LogP contribution in [0.3, 0.4) is 0 Å². The molecule has 0 atom stereocenters. The maximum absolute atomic E-state index is 12.7. The summed E-state index contributed by atoms with van der Waals surface area (Å²) in [5.74, 6) is 0.139. The lowest BCUT2D eigenvalue weighted by Gasteiger charge is -2.25. The van der Waals surface area contributed by atoms with Gasteiger partial charge in [0.2, 0.25) is 15.9 Å². The molecular formula is C25H28N2O5S. The zero-order valence-corrected chi connectivity index (χ0v) is 19.5. The van der Waals surface area contributed by atoms with E-state index in [9.17, 15) is 13.2 Å². The Kier molecular flexibility index (Phi) is 7.25. The Morgan fingerprint density at radius 3 is 2.42 bits per heavy atom. The lowest BCUT2D eigenvalue weighted by Crippen LogP contribution is -2.35. The van der Waals surface area contributed by atoms with Crippen LogP contribution in [0.5, 0.6) is 0 Å². The summed E-state index contributed by atoms with van der Waals surface area (Å²) < 4.78 is 37.8. The molecule has 0 amide bonds. The fourth-order valence-corrected chi connectivity index (χ4v) is 5.27. The van der Waals surface area contributed by atoms with E-state index in [0.717, 1.165) is 36.0 Å². The number of benzene rings is 2. The fraction of sp³-hybridized carbons (Fsp3) is 0.360. The van der Waals surface area contributed by atoms with Gasteiger partial charge in [-0.25, -0.2) is 13.4 Å². The van der Waals surface area contributed by atoms with E-state index in [1.54, 1.807) is 28.6 Å². The van der Waals surface area contributed by atoms with E-state index in [2.05, 4.69) is 4.98 Å². The number of carbonyl (C=O) groups excluding carboxylic acids is 1. The van der Waals surface area contributed by atoms with Crippen LogP contribution in [-0.4, -0.2) is 36.8 Å². The van der Waals surface area contributed by atoms with E-state index >= 15 is 0 Å². The number of aromatic nitrogens is 1. The quantitative estimate of drug-likeness (QED) is 0.452. The van der Waals surface area contributed by atoms with E-state index < -0.39 is 10.0 Å². The highest BCUT2D eigenvalue weighted by Crippen LogP contribution is 2.22. The summed E-state index contributed by atoms with van der Waals surface area (Å²) in [5.41, 5.74) is 3.44. The molecule has 2 heterocycles. The van der Waals surface area contributed by atoms with Crippen LogP contribution in [-0.2, 0) is 32.6 Å². The second-order valence-corrected chi connectivity index (χ2v) is 10.2. The van der Waals surface area contributed by atoms with Crippen LogP contribution in [0.4, 0.5) is 0 Å². The van der Waals surface area contributed by atoms with Crippen molar-refractivity contribution in [3.05, 3.63) is 71.6 Å². The predicted molar refractivity (Wildman–Crippen MR) is 124 cm³/mol. The Bertz CT molecular complexity index is 1180. The van der Waals surface area contributed by atoms with Crippen LogP contribution < -0.4 is 0 Å². The number of carbonyl (C=O) groups is 1. The number of hydrogen-bond donors (Lipinski definition) is 0. The molecule has 1 aliphatic rings. The number of rotatable bonds is 8. The fourth-order valence-electron chi connectivity index (χ4n) is 3.76. The van der Waals surface area contributed by atoms with Crippen molar-refractivity contribution in [2.24, 2.45) is 0 Å². The number of piperidine rings is 1. The first-order valence-corrected chi connectivity index (χ1v) is 12.6. The average molecular weight is 469 g/mol. The Balaban J connectivity index is 1.26. The molecule has 1 aromatic heterocycles. The first-order chi connectivity index (χ1) is 15.9. The summed E-state index contributed by atoms with van der Waals surface area (Å²) >= 11 is 0. The van der Waals surface area contributed by atoms with Crippen molar-refractivity contribution in [3.8, 4) is 11.5 Å². The average Bonchev–Trinajstić information content (AvgIpc) is 3.32. The van der Waals surface area contributed by atoms with Gasteiger partial charge in [0, 0.05) is 25.1 Å². The van der Waals surface area contributed by atoms with Crippen molar-refractivity contribution in [3.63, 3.8) is 0 Å². The smallest absolute Gasteiger partial charge is 0.306 e. The second kappa shape index (κ2) is 10.3. The number of ether oxygens (including phenoxy) is 1. The lowest BCUT2D eigenvalue weighted by atomic mass is 10.1. The van der Waals surface area contributed by atoms with Crippen molar-refractivity contribution in [2.45, 2.75) is 50.5 Å². The predicted octanol–water partition coefficient (Wildman–Crippen LogP) is 4.50. The number of hydrogen-bond acceptors (Lipinski definition) is 6. The van der Waals surface area contributed by atoms with Gasteiger partial charge >= 0.3 is 5.97 Å². The molecule has 0 saturated carbocycles. The van der Waals surface area contributed by atoms with Crippen LogP contribution in [0.25, 0.3) is 11.5 Å². The Hall–Kier alpha value is -2.97. The monoisotopic (exact) mass is 468 g/mol. The highest BCUT2D eigenvalue weighted by molar-refractivity contribution is 7.89. The highest BCUT2D eigenvalue weighted by Gasteiger charge is 2.25. The van der Waals surface area contributed by atoms with Gasteiger partial charge in [-0.3, -0.25) is 4.79 Å². The molecular weight excluding hydrogens is 440 g/mol. The molecule has 174 valence electrons. The van der Waals surface area contributed by atoms with E-state index in [1.807, 2.05) is 31.2 Å². The van der Waals surface area contributed by atoms with Gasteiger partial charge in [0.15, 0.2) is 0 Å². The van der Waals surface area contributed by atoms with Crippen molar-refractivity contribution >= 4 is 16.0 Å². The third-order valence-corrected chi connectivity index (χ3v) is 7.64. The molecule has 33 heavy (non-hydrogen) atoms. The molecule has 0 aliphatic carbocycles. The summed E-state index contributed by atoms with van der Waals surface area (Å²) in [6.45, 7) is 3.21. The van der Waals surface area contributed by atoms with Gasteiger partial charge in [0.25, 0.3) is 0 Å². The number of nitrogens with zero attached hydrogens (tertiary/aromatic N) is 2. The SMILES string of the molecule is Cc1ccc(-c2nc(COC(=O)CCc3ccc(S(=O)(=O)N4CCCCC4)cc3)co2)cc1. The molecule has 4 rings (SSSR count). The zero-order valence-electron chi connectivity index (χ0n) is 18.7. The van der Waals surface area contributed by atoms with E-state index in [0.29, 0.717) is 36.0 Å². The molecule has 1 fully saturated rings. The lowest BCUT2D eigenvalue weighted by molar-refractivity contribution is -0.145. The first-order valence-electron chi connectivity index (χ1n) is 11.2. The third kappa shape index (κ3) is 5.89. The minimum absolute atomic E-state index is 0.0429. The van der Waals surface area contributed by atoms with Gasteiger partial charge in [-0.05, 0) is 56.0 Å². The minimum Gasteiger partial charge on any atom is -0.459 e. The normalized spacial score (nSPS) is 14.8. The summed E-state index contributed by atoms with van der Waals surface area (Å²) in [6, 6.07) is 14.6. The van der Waals surface area contributed by atoms with Gasteiger partial charge in [0.05, 0.1) is 4.90 Å². The summed E-state index contributed by atoms with van der Waals surface area (Å²) in [7, 11) is -3.44. The van der Waals surface area contributed by atoms with Crippen LogP contribution in [0.1, 0.15) is 42.5 Å². The number of sulfonamides is 1. The maximum atomic E-state index is 12.7. The Morgan fingerprint density at radius 1 is 1.03 bits per heavy atom. The molecule has 0 N–H and O–H groups in total. The van der Waals surface area contributed by atoms with Crippen molar-refractivity contribution in [1.29, 1.82) is 0 Å². The van der Waals surface area contributed by atoms with E-state index in [4.69, 9.17) is 9.15 Å². The van der Waals surface area contributed by atoms with Crippen molar-refractivity contribution in [1.82, 2.24) is 9.29 Å². The molecule has 1 aliphatic heterocycles. The summed E-state index contributed by atoms with van der Waals surface area (Å²) in [5, 5.41) is 0. The van der Waals surface area contributed by atoms with Crippen LogP contribution in [0, 0.1) is 6.92 Å². The second-order valence-electron chi connectivity index (χ2n) is 8.28. The number of esters is 1. The topological polar surface area (TPSA) is 89.7 Å². The van der Waals surface area contributed by atoms with Gasteiger partial charge in [-0.15, -0.1) is 0 Å². The molecule has 0 spiro atoms.